The molecule has 0 atom stereocenters. The molecule has 0 fully saturated rings. The molecule has 5 N–H and O–H groups in total. The molecule has 0 saturated heterocycles. The maximum atomic E-state index is 9.33. The van der Waals surface area contributed by atoms with Crippen LogP contribution < -0.4 is 11.5 Å². The van der Waals surface area contributed by atoms with Crippen LogP contribution >= 0.6 is 0 Å². The van der Waals surface area contributed by atoms with E-state index < -0.39 is 0 Å². The van der Waals surface area contributed by atoms with Gasteiger partial charge in [-0.3, -0.25) is 0 Å². The molecule has 0 radical (unpaired) electrons. The fraction of sp³-hybridized carbons (Fsp3) is 0.182. The van der Waals surface area contributed by atoms with Gasteiger partial charge in [-0.15, -0.1) is 0 Å². The van der Waals surface area contributed by atoms with E-state index in [1.807, 2.05) is 6.07 Å². The first-order valence-corrected chi connectivity index (χ1v) is 4.99. The van der Waals surface area contributed by atoms with E-state index in [0.29, 0.717) is 18.9 Å². The van der Waals surface area contributed by atoms with E-state index >= 15 is 0 Å². The first kappa shape index (κ1) is 10.5. The summed E-state index contributed by atoms with van der Waals surface area (Å²) in [6.07, 6.45) is 1.66. The third-order valence-electron chi connectivity index (χ3n) is 2.42. The van der Waals surface area contributed by atoms with Crippen molar-refractivity contribution < 1.29 is 5.11 Å². The number of nitrogens with two attached hydrogens (primary N) is 2. The van der Waals surface area contributed by atoms with Crippen LogP contribution in [0.2, 0.25) is 0 Å². The summed E-state index contributed by atoms with van der Waals surface area (Å²) in [4.78, 5) is 0. The Balaban J connectivity index is 2.24. The lowest BCUT2D eigenvalue weighted by Crippen LogP contribution is -2.07. The minimum absolute atomic E-state index is 0.238. The summed E-state index contributed by atoms with van der Waals surface area (Å²) in [5.74, 6) is 0.813. The molecule has 1 heterocycles. The van der Waals surface area contributed by atoms with Gasteiger partial charge < -0.3 is 16.6 Å². The SMILES string of the molecule is NCc1cnn(Cc2cccc(O)c2)c1N. The summed E-state index contributed by atoms with van der Waals surface area (Å²) in [6, 6.07) is 7.00. The van der Waals surface area contributed by atoms with Gasteiger partial charge in [0.25, 0.3) is 0 Å². The van der Waals surface area contributed by atoms with Gasteiger partial charge in [0.05, 0.1) is 12.7 Å². The van der Waals surface area contributed by atoms with Crippen molar-refractivity contribution >= 4 is 5.82 Å². The molecular weight excluding hydrogens is 204 g/mol. The third kappa shape index (κ3) is 1.99. The van der Waals surface area contributed by atoms with Crippen molar-refractivity contribution in [2.24, 2.45) is 5.73 Å². The van der Waals surface area contributed by atoms with Gasteiger partial charge in [-0.2, -0.15) is 5.10 Å². The van der Waals surface area contributed by atoms with E-state index in [9.17, 15) is 5.11 Å². The lowest BCUT2D eigenvalue weighted by Gasteiger charge is -2.05. The van der Waals surface area contributed by atoms with E-state index in [2.05, 4.69) is 5.10 Å². The van der Waals surface area contributed by atoms with E-state index in [1.165, 1.54) is 0 Å². The Hall–Kier alpha value is -2.01. The minimum atomic E-state index is 0.238. The van der Waals surface area contributed by atoms with E-state index in [4.69, 9.17) is 11.5 Å². The molecule has 16 heavy (non-hydrogen) atoms. The molecule has 5 nitrogen and oxygen atoms in total. The number of nitrogens with zero attached hydrogens (tertiary/aromatic N) is 2. The summed E-state index contributed by atoms with van der Waals surface area (Å²) in [5.41, 5.74) is 13.1. The molecule has 0 bridgehead atoms. The van der Waals surface area contributed by atoms with Gasteiger partial charge in [0.15, 0.2) is 0 Å². The number of nitrogen functional groups attached to an aromatic ring is 1. The van der Waals surface area contributed by atoms with Crippen LogP contribution in [0, 0.1) is 0 Å². The fourth-order valence-corrected chi connectivity index (χ4v) is 1.54. The van der Waals surface area contributed by atoms with Crippen molar-refractivity contribution in [2.45, 2.75) is 13.1 Å². The Morgan fingerprint density at radius 3 is 2.81 bits per heavy atom. The molecule has 0 unspecified atom stereocenters. The zero-order valence-electron chi connectivity index (χ0n) is 8.80. The van der Waals surface area contributed by atoms with Gasteiger partial charge in [-0.05, 0) is 17.7 Å². The standard InChI is InChI=1S/C11H14N4O/c12-5-9-6-14-15(11(9)13)7-8-2-1-3-10(16)4-8/h1-4,6,16H,5,7,12-13H2. The van der Waals surface area contributed by atoms with Crippen molar-refractivity contribution in [3.63, 3.8) is 0 Å². The fourth-order valence-electron chi connectivity index (χ4n) is 1.54. The molecule has 5 heteroatoms. The number of aromatic hydroxyl groups is 1. The number of anilines is 1. The molecule has 0 aliphatic heterocycles. The maximum Gasteiger partial charge on any atom is 0.126 e. The Kier molecular flexibility index (Phi) is 2.78. The van der Waals surface area contributed by atoms with Crippen LogP contribution in [0.4, 0.5) is 5.82 Å². The van der Waals surface area contributed by atoms with Crippen LogP contribution in [0.3, 0.4) is 0 Å². The molecule has 0 aliphatic carbocycles. The normalized spacial score (nSPS) is 10.6. The monoisotopic (exact) mass is 218 g/mol. The Morgan fingerprint density at radius 2 is 2.19 bits per heavy atom. The predicted molar refractivity (Wildman–Crippen MR) is 61.7 cm³/mol. The summed E-state index contributed by atoms with van der Waals surface area (Å²) in [7, 11) is 0. The second kappa shape index (κ2) is 4.24. The molecule has 2 aromatic rings. The van der Waals surface area contributed by atoms with Crippen LogP contribution in [0.1, 0.15) is 11.1 Å². The smallest absolute Gasteiger partial charge is 0.126 e. The molecule has 0 aliphatic rings. The van der Waals surface area contributed by atoms with Gasteiger partial charge in [-0.1, -0.05) is 12.1 Å². The lowest BCUT2D eigenvalue weighted by atomic mass is 10.2. The Labute approximate surface area is 93.3 Å². The van der Waals surface area contributed by atoms with Crippen LogP contribution in [0.15, 0.2) is 30.5 Å². The molecule has 0 saturated carbocycles. The Bertz CT molecular complexity index is 492. The first-order valence-electron chi connectivity index (χ1n) is 4.99. The Morgan fingerprint density at radius 1 is 1.38 bits per heavy atom. The van der Waals surface area contributed by atoms with Gasteiger partial charge >= 0.3 is 0 Å². The number of hydrogen-bond donors (Lipinski definition) is 3. The minimum Gasteiger partial charge on any atom is -0.508 e. The average molecular weight is 218 g/mol. The van der Waals surface area contributed by atoms with Crippen LogP contribution in [0.5, 0.6) is 5.75 Å². The number of phenolic OH excluding ortho intramolecular Hbond substituents is 1. The number of hydrogen-bond acceptors (Lipinski definition) is 4. The maximum absolute atomic E-state index is 9.33. The van der Waals surface area contributed by atoms with E-state index in [1.54, 1.807) is 29.1 Å². The zero-order valence-corrected chi connectivity index (χ0v) is 8.80. The summed E-state index contributed by atoms with van der Waals surface area (Å²) < 4.78 is 1.66. The quantitative estimate of drug-likeness (QED) is 0.706. The first-order chi connectivity index (χ1) is 7.70. The summed E-state index contributed by atoms with van der Waals surface area (Å²) in [5, 5.41) is 13.5. The highest BCUT2D eigenvalue weighted by molar-refractivity contribution is 5.39. The highest BCUT2D eigenvalue weighted by Gasteiger charge is 2.06. The summed E-state index contributed by atoms with van der Waals surface area (Å²) >= 11 is 0. The van der Waals surface area contributed by atoms with E-state index in [-0.39, 0.29) is 5.75 Å². The molecule has 1 aromatic heterocycles. The van der Waals surface area contributed by atoms with Crippen molar-refractivity contribution in [2.75, 3.05) is 5.73 Å². The van der Waals surface area contributed by atoms with Crippen LogP contribution in [-0.4, -0.2) is 14.9 Å². The second-order valence-electron chi connectivity index (χ2n) is 3.59. The molecule has 0 spiro atoms. The summed E-state index contributed by atoms with van der Waals surface area (Å²) in [6.45, 7) is 0.909. The zero-order chi connectivity index (χ0) is 11.5. The number of benzene rings is 1. The largest absolute Gasteiger partial charge is 0.508 e. The highest BCUT2D eigenvalue weighted by Crippen LogP contribution is 2.15. The van der Waals surface area contributed by atoms with Gasteiger partial charge in [-0.25, -0.2) is 4.68 Å². The topological polar surface area (TPSA) is 90.1 Å². The van der Waals surface area contributed by atoms with Gasteiger partial charge in [0.2, 0.25) is 0 Å². The van der Waals surface area contributed by atoms with Crippen molar-refractivity contribution in [3.8, 4) is 5.75 Å². The number of rotatable bonds is 3. The average Bonchev–Trinajstić information content (AvgIpc) is 2.60. The van der Waals surface area contributed by atoms with Crippen LogP contribution in [0.25, 0.3) is 0 Å². The predicted octanol–water partition coefficient (Wildman–Crippen LogP) is 0.678. The molecule has 0 amide bonds. The number of phenols is 1. The van der Waals surface area contributed by atoms with Crippen molar-refractivity contribution in [3.05, 3.63) is 41.6 Å². The third-order valence-corrected chi connectivity index (χ3v) is 2.42. The molecule has 2 rings (SSSR count). The number of aromatic nitrogens is 2. The van der Waals surface area contributed by atoms with Gasteiger partial charge in [0.1, 0.15) is 11.6 Å². The van der Waals surface area contributed by atoms with Crippen LogP contribution in [-0.2, 0) is 13.1 Å². The van der Waals surface area contributed by atoms with Crippen molar-refractivity contribution in [1.29, 1.82) is 0 Å². The highest BCUT2D eigenvalue weighted by atomic mass is 16.3. The van der Waals surface area contributed by atoms with Crippen molar-refractivity contribution in [1.82, 2.24) is 9.78 Å². The molecular formula is C11H14N4O. The molecule has 1 aromatic carbocycles. The lowest BCUT2D eigenvalue weighted by molar-refractivity contribution is 0.474. The second-order valence-corrected chi connectivity index (χ2v) is 3.59. The molecule has 84 valence electrons. The van der Waals surface area contributed by atoms with Gasteiger partial charge in [0, 0.05) is 12.1 Å². The van der Waals surface area contributed by atoms with E-state index in [0.717, 1.165) is 11.1 Å².